The number of nitriles is 1. The lowest BCUT2D eigenvalue weighted by atomic mass is 10.1. The molecule has 1 saturated carbocycles. The Morgan fingerprint density at radius 1 is 1.36 bits per heavy atom. The van der Waals surface area contributed by atoms with Gasteiger partial charge in [0.25, 0.3) is 0 Å². The molecule has 0 bridgehead atoms. The molecular weight excluding hydrogens is 172 g/mol. The fraction of sp³-hybridized carbons (Fsp3) is 0.417. The normalized spacial score (nSPS) is 15.1. The van der Waals surface area contributed by atoms with Crippen LogP contribution in [0.1, 0.15) is 24.0 Å². The largest absolute Gasteiger partial charge is 0.312 e. The Kier molecular flexibility index (Phi) is 2.81. The Morgan fingerprint density at radius 3 is 2.86 bits per heavy atom. The van der Waals surface area contributed by atoms with Gasteiger partial charge < -0.3 is 5.32 Å². The molecule has 0 amide bonds. The van der Waals surface area contributed by atoms with Crippen LogP contribution in [0.4, 0.5) is 0 Å². The summed E-state index contributed by atoms with van der Waals surface area (Å²) in [4.78, 5) is 0. The first kappa shape index (κ1) is 9.23. The molecule has 72 valence electrons. The molecule has 1 N–H and O–H groups in total. The summed E-state index contributed by atoms with van der Waals surface area (Å²) >= 11 is 0. The van der Waals surface area contributed by atoms with Crippen LogP contribution in [0.5, 0.6) is 0 Å². The van der Waals surface area contributed by atoms with E-state index in [2.05, 4.69) is 11.4 Å². The molecule has 0 heterocycles. The van der Waals surface area contributed by atoms with Gasteiger partial charge in [0.05, 0.1) is 11.6 Å². The van der Waals surface area contributed by atoms with E-state index in [1.165, 1.54) is 12.8 Å². The maximum absolute atomic E-state index is 8.86. The summed E-state index contributed by atoms with van der Waals surface area (Å²) in [7, 11) is 0. The van der Waals surface area contributed by atoms with Crippen molar-refractivity contribution in [2.24, 2.45) is 5.92 Å². The van der Waals surface area contributed by atoms with Gasteiger partial charge in [-0.2, -0.15) is 5.26 Å². The summed E-state index contributed by atoms with van der Waals surface area (Å²) in [6.07, 6.45) is 2.74. The molecule has 0 spiro atoms. The number of hydrogen-bond acceptors (Lipinski definition) is 2. The number of nitrogens with one attached hydrogen (secondary N) is 1. The van der Waals surface area contributed by atoms with Gasteiger partial charge in [0.2, 0.25) is 0 Å². The molecule has 1 aliphatic rings. The van der Waals surface area contributed by atoms with E-state index in [0.717, 1.165) is 30.1 Å². The Bertz CT molecular complexity index is 348. The monoisotopic (exact) mass is 186 g/mol. The third-order valence-corrected chi connectivity index (χ3v) is 2.58. The third-order valence-electron chi connectivity index (χ3n) is 2.58. The standard InChI is InChI=1S/C12H14N2/c13-7-11-3-1-2-4-12(11)9-14-8-10-5-6-10/h1-4,10,14H,5-6,8-9H2. The molecule has 1 fully saturated rings. The van der Waals surface area contributed by atoms with Crippen molar-refractivity contribution < 1.29 is 0 Å². The van der Waals surface area contributed by atoms with E-state index < -0.39 is 0 Å². The zero-order valence-corrected chi connectivity index (χ0v) is 8.16. The average Bonchev–Trinajstić information content (AvgIpc) is 3.03. The van der Waals surface area contributed by atoms with Gasteiger partial charge in [0.15, 0.2) is 0 Å². The SMILES string of the molecule is N#Cc1ccccc1CNCC1CC1. The molecule has 2 nitrogen and oxygen atoms in total. The number of hydrogen-bond donors (Lipinski definition) is 1. The van der Waals surface area contributed by atoms with E-state index in [1.807, 2.05) is 24.3 Å². The quantitative estimate of drug-likeness (QED) is 0.781. The van der Waals surface area contributed by atoms with Crippen LogP contribution in [-0.4, -0.2) is 6.54 Å². The van der Waals surface area contributed by atoms with Crippen LogP contribution in [0.3, 0.4) is 0 Å². The Hall–Kier alpha value is -1.33. The molecule has 14 heavy (non-hydrogen) atoms. The molecule has 1 aliphatic carbocycles. The Balaban J connectivity index is 1.90. The molecule has 0 aromatic heterocycles. The van der Waals surface area contributed by atoms with Crippen LogP contribution in [0, 0.1) is 17.2 Å². The van der Waals surface area contributed by atoms with Gasteiger partial charge in [-0.3, -0.25) is 0 Å². The zero-order valence-electron chi connectivity index (χ0n) is 8.16. The lowest BCUT2D eigenvalue weighted by Gasteiger charge is -2.04. The van der Waals surface area contributed by atoms with Crippen molar-refractivity contribution >= 4 is 0 Å². The second-order valence-corrected chi connectivity index (χ2v) is 3.84. The Morgan fingerprint density at radius 2 is 2.14 bits per heavy atom. The first-order valence-electron chi connectivity index (χ1n) is 5.09. The summed E-state index contributed by atoms with van der Waals surface area (Å²) in [6.45, 7) is 1.92. The second kappa shape index (κ2) is 4.26. The molecule has 0 radical (unpaired) electrons. The van der Waals surface area contributed by atoms with Crippen molar-refractivity contribution in [1.29, 1.82) is 5.26 Å². The molecule has 0 unspecified atom stereocenters. The molecule has 0 saturated heterocycles. The van der Waals surface area contributed by atoms with Crippen LogP contribution in [-0.2, 0) is 6.54 Å². The van der Waals surface area contributed by atoms with Crippen molar-refractivity contribution in [2.45, 2.75) is 19.4 Å². The lowest BCUT2D eigenvalue weighted by Crippen LogP contribution is -2.16. The van der Waals surface area contributed by atoms with Gasteiger partial charge in [-0.25, -0.2) is 0 Å². The van der Waals surface area contributed by atoms with Crippen molar-refractivity contribution in [3.05, 3.63) is 35.4 Å². The minimum Gasteiger partial charge on any atom is -0.312 e. The highest BCUT2D eigenvalue weighted by Gasteiger charge is 2.20. The third kappa shape index (κ3) is 2.34. The highest BCUT2D eigenvalue weighted by Crippen LogP contribution is 2.27. The molecular formula is C12H14N2. The van der Waals surface area contributed by atoms with Crippen LogP contribution in [0.15, 0.2) is 24.3 Å². The predicted octanol–water partition coefficient (Wildman–Crippen LogP) is 2.06. The van der Waals surface area contributed by atoms with Crippen LogP contribution in [0.25, 0.3) is 0 Å². The van der Waals surface area contributed by atoms with Crippen LogP contribution in [0.2, 0.25) is 0 Å². The van der Waals surface area contributed by atoms with Gasteiger partial charge in [0.1, 0.15) is 0 Å². The van der Waals surface area contributed by atoms with Crippen LogP contribution >= 0.6 is 0 Å². The number of rotatable bonds is 4. The number of nitrogens with zero attached hydrogens (tertiary/aromatic N) is 1. The van der Waals surface area contributed by atoms with E-state index in [9.17, 15) is 0 Å². The van der Waals surface area contributed by atoms with E-state index in [4.69, 9.17) is 5.26 Å². The first-order chi connectivity index (χ1) is 6.90. The summed E-state index contributed by atoms with van der Waals surface area (Å²) in [5, 5.41) is 12.2. The van der Waals surface area contributed by atoms with Gasteiger partial charge in [-0.05, 0) is 36.9 Å². The van der Waals surface area contributed by atoms with Gasteiger partial charge in [-0.15, -0.1) is 0 Å². The predicted molar refractivity (Wildman–Crippen MR) is 55.6 cm³/mol. The minimum atomic E-state index is 0.788. The summed E-state index contributed by atoms with van der Waals surface area (Å²) in [5.41, 5.74) is 1.89. The zero-order chi connectivity index (χ0) is 9.80. The number of benzene rings is 1. The van der Waals surface area contributed by atoms with Gasteiger partial charge in [-0.1, -0.05) is 18.2 Å². The molecule has 0 aliphatic heterocycles. The molecule has 1 aromatic carbocycles. The lowest BCUT2D eigenvalue weighted by molar-refractivity contribution is 0.638. The summed E-state index contributed by atoms with van der Waals surface area (Å²) < 4.78 is 0. The Labute approximate surface area is 84.6 Å². The molecule has 2 heteroatoms. The van der Waals surface area contributed by atoms with Gasteiger partial charge in [0, 0.05) is 6.54 Å². The first-order valence-corrected chi connectivity index (χ1v) is 5.09. The average molecular weight is 186 g/mol. The topological polar surface area (TPSA) is 35.8 Å². The molecule has 2 rings (SSSR count). The second-order valence-electron chi connectivity index (χ2n) is 3.84. The van der Waals surface area contributed by atoms with E-state index in [1.54, 1.807) is 0 Å². The van der Waals surface area contributed by atoms with E-state index in [-0.39, 0.29) is 0 Å². The summed E-state index contributed by atoms with van der Waals surface area (Å²) in [6, 6.07) is 9.98. The van der Waals surface area contributed by atoms with E-state index >= 15 is 0 Å². The van der Waals surface area contributed by atoms with E-state index in [0.29, 0.717) is 0 Å². The van der Waals surface area contributed by atoms with Crippen molar-refractivity contribution in [3.63, 3.8) is 0 Å². The maximum Gasteiger partial charge on any atom is 0.0995 e. The summed E-state index contributed by atoms with van der Waals surface area (Å²) in [5.74, 6) is 0.893. The highest BCUT2D eigenvalue weighted by atomic mass is 14.9. The van der Waals surface area contributed by atoms with Crippen LogP contribution < -0.4 is 5.32 Å². The van der Waals surface area contributed by atoms with Crippen molar-refractivity contribution in [3.8, 4) is 6.07 Å². The minimum absolute atomic E-state index is 0.788. The van der Waals surface area contributed by atoms with Crippen molar-refractivity contribution in [1.82, 2.24) is 5.32 Å². The van der Waals surface area contributed by atoms with Crippen molar-refractivity contribution in [2.75, 3.05) is 6.54 Å². The smallest absolute Gasteiger partial charge is 0.0995 e. The fourth-order valence-corrected chi connectivity index (χ4v) is 1.52. The van der Waals surface area contributed by atoms with Gasteiger partial charge >= 0.3 is 0 Å². The fourth-order valence-electron chi connectivity index (χ4n) is 1.52. The molecule has 1 aromatic rings. The highest BCUT2D eigenvalue weighted by molar-refractivity contribution is 5.37. The molecule has 0 atom stereocenters. The maximum atomic E-state index is 8.86.